The number of thioether (sulfide) groups is 1. The van der Waals surface area contributed by atoms with Crippen LogP contribution in [-0.2, 0) is 6.54 Å². The number of carbonyl (C=O) groups is 1. The molecule has 130 valence electrons. The summed E-state index contributed by atoms with van der Waals surface area (Å²) in [4.78, 5) is 17.1. The van der Waals surface area contributed by atoms with E-state index in [-0.39, 0.29) is 5.91 Å². The van der Waals surface area contributed by atoms with Gasteiger partial charge < -0.3 is 5.32 Å². The zero-order chi connectivity index (χ0) is 17.8. The molecule has 0 bridgehead atoms. The molecule has 0 spiro atoms. The Morgan fingerprint density at radius 3 is 2.92 bits per heavy atom. The second kappa shape index (κ2) is 7.70. The van der Waals surface area contributed by atoms with Gasteiger partial charge >= 0.3 is 0 Å². The Labute approximate surface area is 151 Å². The smallest absolute Gasteiger partial charge is 0.252 e. The predicted octanol–water partition coefficient (Wildman–Crippen LogP) is 2.88. The molecule has 3 rings (SSSR count). The molecule has 0 radical (unpaired) electrons. The van der Waals surface area contributed by atoms with Crippen LogP contribution in [0.1, 0.15) is 52.4 Å². The Kier molecular flexibility index (Phi) is 5.39. The largest absolute Gasteiger partial charge is 0.352 e. The predicted molar refractivity (Wildman–Crippen MR) is 96.6 cm³/mol. The summed E-state index contributed by atoms with van der Waals surface area (Å²) >= 11 is 1.41. The highest BCUT2D eigenvalue weighted by Crippen LogP contribution is 2.40. The summed E-state index contributed by atoms with van der Waals surface area (Å²) in [6, 6.07) is 3.94. The van der Waals surface area contributed by atoms with Crippen LogP contribution in [0.2, 0.25) is 0 Å². The van der Waals surface area contributed by atoms with Crippen molar-refractivity contribution < 1.29 is 4.79 Å². The fourth-order valence-corrected chi connectivity index (χ4v) is 3.25. The Bertz CT molecular complexity index is 819. The lowest BCUT2D eigenvalue weighted by Crippen LogP contribution is -2.26. The van der Waals surface area contributed by atoms with Crippen LogP contribution < -0.4 is 5.32 Å². The van der Waals surface area contributed by atoms with Crippen LogP contribution in [-0.4, -0.2) is 33.5 Å². The van der Waals surface area contributed by atoms with Crippen molar-refractivity contribution in [2.75, 3.05) is 12.8 Å². The Morgan fingerprint density at radius 2 is 2.32 bits per heavy atom. The van der Waals surface area contributed by atoms with E-state index in [0.29, 0.717) is 28.6 Å². The third kappa shape index (κ3) is 4.20. The molecule has 1 N–H and O–H groups in total. The number of aromatic nitrogens is 3. The summed E-state index contributed by atoms with van der Waals surface area (Å²) in [7, 11) is 0. The van der Waals surface area contributed by atoms with Crippen molar-refractivity contribution in [1.82, 2.24) is 20.1 Å². The minimum atomic E-state index is -0.201. The Balaban J connectivity index is 1.66. The van der Waals surface area contributed by atoms with E-state index in [9.17, 15) is 10.1 Å². The number of pyridine rings is 1. The molecule has 1 amide bonds. The number of carbonyl (C=O) groups excluding carboxylic acids is 1. The third-order valence-corrected chi connectivity index (χ3v) is 4.85. The lowest BCUT2D eigenvalue weighted by Gasteiger charge is -2.11. The van der Waals surface area contributed by atoms with Crippen LogP contribution in [0.15, 0.2) is 23.5 Å². The molecule has 1 aliphatic carbocycles. The van der Waals surface area contributed by atoms with Crippen LogP contribution >= 0.6 is 11.8 Å². The first-order valence-electron chi connectivity index (χ1n) is 8.38. The number of rotatable bonds is 7. The van der Waals surface area contributed by atoms with Crippen molar-refractivity contribution in [3.63, 3.8) is 0 Å². The molecule has 1 saturated carbocycles. The van der Waals surface area contributed by atoms with Gasteiger partial charge in [0.15, 0.2) is 0 Å². The van der Waals surface area contributed by atoms with Crippen molar-refractivity contribution in [3.8, 4) is 6.07 Å². The third-order valence-electron chi connectivity index (χ3n) is 4.16. The van der Waals surface area contributed by atoms with Crippen molar-refractivity contribution in [3.05, 3.63) is 40.8 Å². The molecule has 6 nitrogen and oxygen atoms in total. The standard InChI is InChI=1S/C18H21N5OS/c1-12-10-21-23(11-12)7-3-6-20-17(24)14-8-16(13-4-5-13)22-18(25-2)15(14)9-19/h8,10-11,13H,3-7H2,1-2H3,(H,20,24). The van der Waals surface area contributed by atoms with Gasteiger partial charge in [-0.05, 0) is 44.1 Å². The van der Waals surface area contributed by atoms with Gasteiger partial charge in [0, 0.05) is 30.9 Å². The molecule has 2 aromatic rings. The maximum absolute atomic E-state index is 12.6. The highest BCUT2D eigenvalue weighted by molar-refractivity contribution is 7.98. The first-order chi connectivity index (χ1) is 12.1. The summed E-state index contributed by atoms with van der Waals surface area (Å²) in [5, 5.41) is 17.2. The molecule has 2 heterocycles. The van der Waals surface area contributed by atoms with Gasteiger partial charge in [0.2, 0.25) is 0 Å². The van der Waals surface area contributed by atoms with E-state index in [1.165, 1.54) is 11.8 Å². The maximum Gasteiger partial charge on any atom is 0.252 e. The fourth-order valence-electron chi connectivity index (χ4n) is 2.69. The average Bonchev–Trinajstić information content (AvgIpc) is 3.39. The zero-order valence-electron chi connectivity index (χ0n) is 14.5. The number of amides is 1. The van der Waals surface area contributed by atoms with E-state index in [2.05, 4.69) is 21.5 Å². The summed E-state index contributed by atoms with van der Waals surface area (Å²) in [6.45, 7) is 3.29. The van der Waals surface area contributed by atoms with Gasteiger partial charge in [-0.3, -0.25) is 9.48 Å². The monoisotopic (exact) mass is 355 g/mol. The molecule has 0 aliphatic heterocycles. The summed E-state index contributed by atoms with van der Waals surface area (Å²) in [5.74, 6) is 0.237. The lowest BCUT2D eigenvalue weighted by molar-refractivity contribution is 0.0952. The molecular formula is C18H21N5OS. The zero-order valence-corrected chi connectivity index (χ0v) is 15.3. The number of nitrogens with zero attached hydrogens (tertiary/aromatic N) is 4. The molecule has 0 aromatic carbocycles. The number of hydrogen-bond acceptors (Lipinski definition) is 5. The minimum absolute atomic E-state index is 0.201. The van der Waals surface area contributed by atoms with E-state index in [4.69, 9.17) is 0 Å². The molecule has 0 atom stereocenters. The minimum Gasteiger partial charge on any atom is -0.352 e. The number of nitrogens with one attached hydrogen (secondary N) is 1. The van der Waals surface area contributed by atoms with Gasteiger partial charge in [-0.15, -0.1) is 11.8 Å². The topological polar surface area (TPSA) is 83.6 Å². The van der Waals surface area contributed by atoms with Crippen LogP contribution in [0.25, 0.3) is 0 Å². The summed E-state index contributed by atoms with van der Waals surface area (Å²) in [5.41, 5.74) is 2.87. The quantitative estimate of drug-likeness (QED) is 0.610. The van der Waals surface area contributed by atoms with Crippen LogP contribution in [0.3, 0.4) is 0 Å². The molecular weight excluding hydrogens is 334 g/mol. The summed E-state index contributed by atoms with van der Waals surface area (Å²) in [6.07, 6.45) is 8.68. The molecule has 0 unspecified atom stereocenters. The first-order valence-corrected chi connectivity index (χ1v) is 9.61. The molecule has 2 aromatic heterocycles. The Morgan fingerprint density at radius 1 is 1.52 bits per heavy atom. The molecule has 25 heavy (non-hydrogen) atoms. The van der Waals surface area contributed by atoms with Crippen LogP contribution in [0.4, 0.5) is 0 Å². The molecule has 7 heteroatoms. The van der Waals surface area contributed by atoms with Gasteiger partial charge in [0.25, 0.3) is 5.91 Å². The molecule has 1 aliphatic rings. The maximum atomic E-state index is 12.6. The van der Waals surface area contributed by atoms with E-state index in [1.807, 2.05) is 30.3 Å². The van der Waals surface area contributed by atoms with Crippen LogP contribution in [0, 0.1) is 18.3 Å². The number of aryl methyl sites for hydroxylation is 2. The van der Waals surface area contributed by atoms with Gasteiger partial charge in [-0.1, -0.05) is 0 Å². The van der Waals surface area contributed by atoms with Gasteiger partial charge in [-0.2, -0.15) is 10.4 Å². The fraction of sp³-hybridized carbons (Fsp3) is 0.444. The summed E-state index contributed by atoms with van der Waals surface area (Å²) < 4.78 is 1.87. The second-order valence-corrected chi connectivity index (χ2v) is 7.05. The van der Waals surface area contributed by atoms with E-state index in [1.54, 1.807) is 6.07 Å². The lowest BCUT2D eigenvalue weighted by atomic mass is 10.1. The molecule has 1 fully saturated rings. The van der Waals surface area contributed by atoms with Crippen LogP contribution in [0.5, 0.6) is 0 Å². The van der Waals surface area contributed by atoms with E-state index < -0.39 is 0 Å². The SMILES string of the molecule is CSc1nc(C2CC2)cc(C(=O)NCCCn2cc(C)cn2)c1C#N. The average molecular weight is 355 g/mol. The van der Waals surface area contributed by atoms with Crippen molar-refractivity contribution >= 4 is 17.7 Å². The normalized spacial score (nSPS) is 13.5. The van der Waals surface area contributed by atoms with Crippen molar-refractivity contribution in [2.24, 2.45) is 0 Å². The first kappa shape index (κ1) is 17.5. The number of hydrogen-bond donors (Lipinski definition) is 1. The number of nitriles is 1. The highest BCUT2D eigenvalue weighted by Gasteiger charge is 2.28. The second-order valence-electron chi connectivity index (χ2n) is 6.26. The van der Waals surface area contributed by atoms with E-state index >= 15 is 0 Å². The van der Waals surface area contributed by atoms with E-state index in [0.717, 1.165) is 37.1 Å². The van der Waals surface area contributed by atoms with Crippen molar-refractivity contribution in [2.45, 2.75) is 43.7 Å². The van der Waals surface area contributed by atoms with Gasteiger partial charge in [0.1, 0.15) is 11.1 Å². The highest BCUT2D eigenvalue weighted by atomic mass is 32.2. The van der Waals surface area contributed by atoms with Gasteiger partial charge in [0.05, 0.1) is 17.3 Å². The Hall–Kier alpha value is -2.33. The van der Waals surface area contributed by atoms with Crippen molar-refractivity contribution in [1.29, 1.82) is 5.26 Å². The molecule has 0 saturated heterocycles. The van der Waals surface area contributed by atoms with Gasteiger partial charge in [-0.25, -0.2) is 4.98 Å².